The number of carboxylic acid groups (broad SMARTS) is 1. The summed E-state index contributed by atoms with van der Waals surface area (Å²) in [5.74, 6) is -1.41. The zero-order valence-electron chi connectivity index (χ0n) is 14.3. The summed E-state index contributed by atoms with van der Waals surface area (Å²) in [5, 5.41) is 11.5. The van der Waals surface area contributed by atoms with Crippen molar-refractivity contribution in [3.63, 3.8) is 0 Å². The number of amides is 1. The van der Waals surface area contributed by atoms with Gasteiger partial charge in [-0.05, 0) is 38.5 Å². The minimum Gasteiger partial charge on any atom is -0.493 e. The van der Waals surface area contributed by atoms with E-state index in [9.17, 15) is 23.5 Å². The smallest absolute Gasteiger partial charge is 0.408 e. The Morgan fingerprint density at radius 3 is 2.36 bits per heavy atom. The maximum Gasteiger partial charge on any atom is 0.408 e. The van der Waals surface area contributed by atoms with Gasteiger partial charge < -0.3 is 24.6 Å². The Morgan fingerprint density at radius 1 is 1.24 bits per heavy atom. The Labute approximate surface area is 143 Å². The van der Waals surface area contributed by atoms with Crippen molar-refractivity contribution >= 4 is 12.1 Å². The fourth-order valence-electron chi connectivity index (χ4n) is 1.92. The predicted octanol–water partition coefficient (Wildman–Crippen LogP) is 2.82. The average molecular weight is 361 g/mol. The number of carbonyl (C=O) groups excluding carboxylic acids is 1. The quantitative estimate of drug-likeness (QED) is 0.776. The summed E-state index contributed by atoms with van der Waals surface area (Å²) in [5.41, 5.74) is -0.327. The molecule has 1 aromatic rings. The largest absolute Gasteiger partial charge is 0.493 e. The summed E-state index contributed by atoms with van der Waals surface area (Å²) in [7, 11) is 1.27. The van der Waals surface area contributed by atoms with E-state index in [4.69, 9.17) is 9.47 Å². The highest BCUT2D eigenvalue weighted by Gasteiger charge is 2.24. The van der Waals surface area contributed by atoms with Crippen molar-refractivity contribution in [2.75, 3.05) is 7.11 Å². The molecule has 0 aliphatic rings. The molecule has 25 heavy (non-hydrogen) atoms. The molecule has 1 aromatic carbocycles. The van der Waals surface area contributed by atoms with Crippen molar-refractivity contribution in [1.82, 2.24) is 5.32 Å². The van der Waals surface area contributed by atoms with Gasteiger partial charge in [-0.3, -0.25) is 0 Å². The monoisotopic (exact) mass is 361 g/mol. The fraction of sp³-hybridized carbons (Fsp3) is 0.500. The number of benzene rings is 1. The number of hydrogen-bond donors (Lipinski definition) is 2. The average Bonchev–Trinajstić information content (AvgIpc) is 2.45. The Hall–Kier alpha value is -2.58. The normalized spacial score (nSPS) is 12.4. The molecule has 0 radical (unpaired) electrons. The molecule has 0 aliphatic carbocycles. The summed E-state index contributed by atoms with van der Waals surface area (Å²) in [6, 6.07) is 2.76. The van der Waals surface area contributed by atoms with Crippen LogP contribution in [0.5, 0.6) is 11.5 Å². The number of nitrogens with one attached hydrogen (secondary N) is 1. The number of carboxylic acids is 1. The Bertz CT molecular complexity index is 615. The first-order chi connectivity index (χ1) is 11.5. The van der Waals surface area contributed by atoms with Gasteiger partial charge in [0.15, 0.2) is 11.5 Å². The van der Waals surface area contributed by atoms with E-state index in [1.54, 1.807) is 20.8 Å². The highest BCUT2D eigenvalue weighted by Crippen LogP contribution is 2.29. The lowest BCUT2D eigenvalue weighted by Gasteiger charge is -2.22. The molecule has 0 aliphatic heterocycles. The summed E-state index contributed by atoms with van der Waals surface area (Å²) in [4.78, 5) is 23.1. The van der Waals surface area contributed by atoms with Crippen LogP contribution in [0.4, 0.5) is 13.6 Å². The van der Waals surface area contributed by atoms with Crippen molar-refractivity contribution in [2.24, 2.45) is 0 Å². The molecule has 2 N–H and O–H groups in total. The number of hydrogen-bond acceptors (Lipinski definition) is 5. The van der Waals surface area contributed by atoms with Crippen LogP contribution in [0.15, 0.2) is 18.2 Å². The summed E-state index contributed by atoms with van der Waals surface area (Å²) >= 11 is 0. The van der Waals surface area contributed by atoms with E-state index in [0.29, 0.717) is 5.56 Å². The molecule has 7 nitrogen and oxygen atoms in total. The second-order valence-corrected chi connectivity index (χ2v) is 6.10. The van der Waals surface area contributed by atoms with Gasteiger partial charge in [0, 0.05) is 6.42 Å². The first-order valence-electron chi connectivity index (χ1n) is 7.36. The van der Waals surface area contributed by atoms with Gasteiger partial charge in [0.2, 0.25) is 0 Å². The topological polar surface area (TPSA) is 94.1 Å². The molecule has 1 amide bonds. The van der Waals surface area contributed by atoms with Crippen molar-refractivity contribution in [3.8, 4) is 11.5 Å². The minimum atomic E-state index is -3.01. The lowest BCUT2D eigenvalue weighted by atomic mass is 10.1. The molecule has 0 spiro atoms. The highest BCUT2D eigenvalue weighted by molar-refractivity contribution is 5.80. The second-order valence-electron chi connectivity index (χ2n) is 6.10. The van der Waals surface area contributed by atoms with Crippen LogP contribution < -0.4 is 14.8 Å². The number of rotatable bonds is 7. The van der Waals surface area contributed by atoms with Crippen molar-refractivity contribution < 1.29 is 37.7 Å². The lowest BCUT2D eigenvalue weighted by Crippen LogP contribution is -2.44. The van der Waals surface area contributed by atoms with Crippen LogP contribution in [0.25, 0.3) is 0 Å². The maximum absolute atomic E-state index is 12.3. The van der Waals surface area contributed by atoms with Crippen molar-refractivity contribution in [1.29, 1.82) is 0 Å². The minimum absolute atomic E-state index is 0.0270. The molecule has 0 bridgehead atoms. The first kappa shape index (κ1) is 20.5. The summed E-state index contributed by atoms with van der Waals surface area (Å²) < 4.78 is 38.9. The molecule has 0 saturated carbocycles. The molecule has 1 atom stereocenters. The van der Waals surface area contributed by atoms with Gasteiger partial charge in [-0.1, -0.05) is 6.07 Å². The van der Waals surface area contributed by atoms with Crippen LogP contribution in [0, 0.1) is 0 Å². The molecule has 9 heteroatoms. The van der Waals surface area contributed by atoms with Gasteiger partial charge in [-0.25, -0.2) is 9.59 Å². The van der Waals surface area contributed by atoms with Gasteiger partial charge >= 0.3 is 18.7 Å². The van der Waals surface area contributed by atoms with E-state index >= 15 is 0 Å². The third-order valence-corrected chi connectivity index (χ3v) is 2.87. The van der Waals surface area contributed by atoms with Crippen LogP contribution in [-0.2, 0) is 16.0 Å². The maximum atomic E-state index is 12.3. The molecule has 0 aromatic heterocycles. The molecular weight excluding hydrogens is 340 g/mol. The van der Waals surface area contributed by atoms with E-state index in [1.165, 1.54) is 25.3 Å². The Balaban J connectivity index is 2.88. The van der Waals surface area contributed by atoms with E-state index in [-0.39, 0.29) is 17.9 Å². The van der Waals surface area contributed by atoms with E-state index in [0.717, 1.165) is 0 Å². The predicted molar refractivity (Wildman–Crippen MR) is 84.1 cm³/mol. The lowest BCUT2D eigenvalue weighted by molar-refractivity contribution is -0.139. The van der Waals surface area contributed by atoms with Crippen molar-refractivity contribution in [3.05, 3.63) is 23.8 Å². The number of ether oxygens (including phenoxy) is 3. The zero-order valence-corrected chi connectivity index (χ0v) is 14.3. The van der Waals surface area contributed by atoms with Crippen LogP contribution in [-0.4, -0.2) is 42.5 Å². The SMILES string of the molecule is COc1cc(CC(NC(=O)OC(C)(C)C)C(=O)O)ccc1OC(F)F. The third-order valence-electron chi connectivity index (χ3n) is 2.87. The van der Waals surface area contributed by atoms with E-state index in [1.807, 2.05) is 0 Å². The van der Waals surface area contributed by atoms with Crippen LogP contribution in [0.2, 0.25) is 0 Å². The molecular formula is C16H21F2NO6. The zero-order chi connectivity index (χ0) is 19.2. The van der Waals surface area contributed by atoms with Crippen LogP contribution in [0.1, 0.15) is 26.3 Å². The van der Waals surface area contributed by atoms with Gasteiger partial charge in [0.1, 0.15) is 11.6 Å². The highest BCUT2D eigenvalue weighted by atomic mass is 19.3. The standard InChI is InChI=1S/C16H21F2NO6/c1-16(2,3)25-15(22)19-10(13(20)21)7-9-5-6-11(24-14(17)18)12(8-9)23-4/h5-6,8,10,14H,7H2,1-4H3,(H,19,22)(H,20,21). The van der Waals surface area contributed by atoms with Crippen molar-refractivity contribution in [2.45, 2.75) is 45.4 Å². The van der Waals surface area contributed by atoms with E-state index in [2.05, 4.69) is 10.1 Å². The Morgan fingerprint density at radius 2 is 1.88 bits per heavy atom. The molecule has 0 saturated heterocycles. The van der Waals surface area contributed by atoms with Gasteiger partial charge in [0.25, 0.3) is 0 Å². The fourth-order valence-corrected chi connectivity index (χ4v) is 1.92. The van der Waals surface area contributed by atoms with Gasteiger partial charge in [-0.15, -0.1) is 0 Å². The molecule has 1 rings (SSSR count). The summed E-state index contributed by atoms with van der Waals surface area (Å²) in [6.45, 7) is 1.93. The molecule has 0 fully saturated rings. The third kappa shape index (κ3) is 7.23. The van der Waals surface area contributed by atoms with Crippen LogP contribution in [0.3, 0.4) is 0 Å². The Kier molecular flexibility index (Phi) is 6.96. The van der Waals surface area contributed by atoms with Crippen LogP contribution >= 0.6 is 0 Å². The second kappa shape index (κ2) is 8.50. The number of carbonyl (C=O) groups is 2. The molecule has 0 heterocycles. The number of alkyl halides is 2. The number of halogens is 2. The van der Waals surface area contributed by atoms with Gasteiger partial charge in [0.05, 0.1) is 7.11 Å². The van der Waals surface area contributed by atoms with Gasteiger partial charge in [-0.2, -0.15) is 8.78 Å². The summed E-state index contributed by atoms with van der Waals surface area (Å²) in [6.07, 6.45) is -0.968. The number of alkyl carbamates (subject to hydrolysis) is 1. The molecule has 140 valence electrons. The molecule has 1 unspecified atom stereocenters. The number of methoxy groups -OCH3 is 1. The van der Waals surface area contributed by atoms with E-state index < -0.39 is 30.3 Å². The first-order valence-corrected chi connectivity index (χ1v) is 7.36. The number of aliphatic carboxylic acids is 1.